The van der Waals surface area contributed by atoms with Crippen molar-refractivity contribution in [2.75, 3.05) is 30.4 Å². The van der Waals surface area contributed by atoms with Gasteiger partial charge in [0.25, 0.3) is 0 Å². The van der Waals surface area contributed by atoms with Crippen LogP contribution in [-0.4, -0.2) is 53.7 Å². The third-order valence-corrected chi connectivity index (χ3v) is 5.07. The Hall–Kier alpha value is -3.60. The molecular formula is C23H24F3N5O3. The second-order valence-electron chi connectivity index (χ2n) is 7.88. The van der Waals surface area contributed by atoms with Crippen molar-refractivity contribution in [3.05, 3.63) is 48.8 Å². The molecule has 4 rings (SSSR count). The summed E-state index contributed by atoms with van der Waals surface area (Å²) in [4.78, 5) is 15.4. The van der Waals surface area contributed by atoms with Gasteiger partial charge in [0.1, 0.15) is 17.3 Å². The third-order valence-electron chi connectivity index (χ3n) is 5.07. The van der Waals surface area contributed by atoms with Crippen molar-refractivity contribution < 1.29 is 27.4 Å². The van der Waals surface area contributed by atoms with Crippen LogP contribution in [0.2, 0.25) is 0 Å². The lowest BCUT2D eigenvalue weighted by Crippen LogP contribution is -2.46. The number of methoxy groups -OCH3 is 1. The van der Waals surface area contributed by atoms with Crippen LogP contribution in [0.5, 0.6) is 11.6 Å². The van der Waals surface area contributed by atoms with Crippen molar-refractivity contribution in [3.8, 4) is 22.8 Å². The summed E-state index contributed by atoms with van der Waals surface area (Å²) < 4.78 is 52.3. The molecule has 1 aromatic carbocycles. The summed E-state index contributed by atoms with van der Waals surface area (Å²) in [6.07, 6.45) is -1.37. The highest BCUT2D eigenvalue weighted by Gasteiger charge is 2.31. The second kappa shape index (κ2) is 9.72. The van der Waals surface area contributed by atoms with E-state index in [9.17, 15) is 13.2 Å². The molecule has 0 saturated carbocycles. The number of alkyl halides is 3. The van der Waals surface area contributed by atoms with E-state index in [1.54, 1.807) is 24.5 Å². The smallest absolute Gasteiger partial charge is 0.480 e. The van der Waals surface area contributed by atoms with E-state index < -0.39 is 6.36 Å². The van der Waals surface area contributed by atoms with E-state index in [0.29, 0.717) is 47.5 Å². The molecule has 180 valence electrons. The molecule has 1 fully saturated rings. The number of anilines is 3. The topological polar surface area (TPSA) is 81.6 Å². The number of rotatable bonds is 6. The van der Waals surface area contributed by atoms with Gasteiger partial charge in [0.05, 0.1) is 19.3 Å². The van der Waals surface area contributed by atoms with Crippen LogP contribution in [0.15, 0.2) is 48.8 Å². The SMILES string of the molecule is COc1ncc(-c2ccc(OC(F)(F)F)cc2)cc1Nc1ccnc(N2C[C@@H](C)O[C@@H](C)C2)n1. The number of halogens is 3. The minimum atomic E-state index is -4.74. The third kappa shape index (κ3) is 5.84. The molecule has 1 saturated heterocycles. The van der Waals surface area contributed by atoms with Gasteiger partial charge in [0, 0.05) is 31.0 Å². The molecule has 3 aromatic rings. The van der Waals surface area contributed by atoms with Gasteiger partial charge in [0.15, 0.2) is 0 Å². The van der Waals surface area contributed by atoms with E-state index in [1.165, 1.54) is 31.4 Å². The number of morpholine rings is 1. The highest BCUT2D eigenvalue weighted by Crippen LogP contribution is 2.32. The Labute approximate surface area is 194 Å². The number of nitrogens with zero attached hydrogens (tertiary/aromatic N) is 4. The number of pyridine rings is 1. The Bertz CT molecular complexity index is 1120. The van der Waals surface area contributed by atoms with Gasteiger partial charge in [-0.15, -0.1) is 13.2 Å². The quantitative estimate of drug-likeness (QED) is 0.545. The van der Waals surface area contributed by atoms with Gasteiger partial charge in [-0.3, -0.25) is 0 Å². The highest BCUT2D eigenvalue weighted by molar-refractivity contribution is 5.72. The Morgan fingerprint density at radius 2 is 1.74 bits per heavy atom. The molecule has 2 atom stereocenters. The highest BCUT2D eigenvalue weighted by atomic mass is 19.4. The van der Waals surface area contributed by atoms with Gasteiger partial charge in [-0.05, 0) is 43.7 Å². The molecule has 0 aliphatic carbocycles. The summed E-state index contributed by atoms with van der Waals surface area (Å²) in [7, 11) is 1.50. The van der Waals surface area contributed by atoms with Crippen molar-refractivity contribution in [1.82, 2.24) is 15.0 Å². The molecule has 1 aliphatic rings. The molecule has 11 heteroatoms. The average molecular weight is 475 g/mol. The summed E-state index contributed by atoms with van der Waals surface area (Å²) in [5, 5.41) is 3.21. The first kappa shape index (κ1) is 23.6. The molecule has 34 heavy (non-hydrogen) atoms. The molecule has 0 amide bonds. The number of hydrogen-bond acceptors (Lipinski definition) is 8. The van der Waals surface area contributed by atoms with Gasteiger partial charge >= 0.3 is 6.36 Å². The fourth-order valence-corrected chi connectivity index (χ4v) is 3.76. The Kier molecular flexibility index (Phi) is 6.73. The molecule has 8 nitrogen and oxygen atoms in total. The van der Waals surface area contributed by atoms with Crippen LogP contribution in [0.3, 0.4) is 0 Å². The largest absolute Gasteiger partial charge is 0.573 e. The minimum Gasteiger partial charge on any atom is -0.480 e. The predicted octanol–water partition coefficient (Wildman–Crippen LogP) is 4.80. The zero-order chi connectivity index (χ0) is 24.3. The van der Waals surface area contributed by atoms with Crippen molar-refractivity contribution in [2.45, 2.75) is 32.4 Å². The monoisotopic (exact) mass is 475 g/mol. The fourth-order valence-electron chi connectivity index (χ4n) is 3.76. The number of aromatic nitrogens is 3. The van der Waals surface area contributed by atoms with E-state index in [-0.39, 0.29) is 18.0 Å². The van der Waals surface area contributed by atoms with Gasteiger partial charge in [-0.25, -0.2) is 9.97 Å². The van der Waals surface area contributed by atoms with Crippen LogP contribution < -0.4 is 19.7 Å². The Morgan fingerprint density at radius 3 is 2.38 bits per heavy atom. The standard InChI is InChI=1S/C23H24F3N5O3/c1-14-12-31(13-15(2)33-14)22-27-9-8-20(30-22)29-19-10-17(11-28-21(19)32-3)16-4-6-18(7-5-16)34-23(24,25)26/h4-11,14-15H,12-13H2,1-3H3,(H,27,29,30)/t14-,15+. The second-order valence-corrected chi connectivity index (χ2v) is 7.88. The van der Waals surface area contributed by atoms with E-state index in [4.69, 9.17) is 9.47 Å². The maximum atomic E-state index is 12.4. The van der Waals surface area contributed by atoms with Gasteiger partial charge in [0.2, 0.25) is 11.8 Å². The van der Waals surface area contributed by atoms with E-state index in [2.05, 4.69) is 29.9 Å². The van der Waals surface area contributed by atoms with E-state index >= 15 is 0 Å². The summed E-state index contributed by atoms with van der Waals surface area (Å²) in [5.41, 5.74) is 1.88. The Balaban J connectivity index is 1.56. The van der Waals surface area contributed by atoms with Crippen LogP contribution in [0.25, 0.3) is 11.1 Å². The first-order valence-electron chi connectivity index (χ1n) is 10.6. The molecular weight excluding hydrogens is 451 g/mol. The maximum absolute atomic E-state index is 12.4. The van der Waals surface area contributed by atoms with Crippen molar-refractivity contribution in [3.63, 3.8) is 0 Å². The lowest BCUT2D eigenvalue weighted by molar-refractivity contribution is -0.274. The number of ether oxygens (including phenoxy) is 3. The molecule has 0 radical (unpaired) electrons. The van der Waals surface area contributed by atoms with E-state index in [0.717, 1.165) is 0 Å². The summed E-state index contributed by atoms with van der Waals surface area (Å²) >= 11 is 0. The Morgan fingerprint density at radius 1 is 1.03 bits per heavy atom. The molecule has 2 aromatic heterocycles. The van der Waals surface area contributed by atoms with Crippen molar-refractivity contribution in [1.29, 1.82) is 0 Å². The molecule has 1 N–H and O–H groups in total. The summed E-state index contributed by atoms with van der Waals surface area (Å²) in [6.45, 7) is 5.38. The molecule has 0 spiro atoms. The van der Waals surface area contributed by atoms with Crippen LogP contribution >= 0.6 is 0 Å². The number of benzene rings is 1. The lowest BCUT2D eigenvalue weighted by Gasteiger charge is -2.35. The van der Waals surface area contributed by atoms with Gasteiger partial charge < -0.3 is 24.4 Å². The molecule has 0 bridgehead atoms. The first-order chi connectivity index (χ1) is 16.2. The van der Waals surface area contributed by atoms with Crippen LogP contribution in [-0.2, 0) is 4.74 Å². The van der Waals surface area contributed by atoms with E-state index in [1.807, 2.05) is 13.8 Å². The van der Waals surface area contributed by atoms with Gasteiger partial charge in [-0.2, -0.15) is 4.98 Å². The molecule has 3 heterocycles. The summed E-state index contributed by atoms with van der Waals surface area (Å²) in [6, 6.07) is 9.07. The zero-order valence-electron chi connectivity index (χ0n) is 18.8. The lowest BCUT2D eigenvalue weighted by atomic mass is 10.1. The minimum absolute atomic E-state index is 0.0675. The number of hydrogen-bond donors (Lipinski definition) is 1. The summed E-state index contributed by atoms with van der Waals surface area (Å²) in [5.74, 6) is 1.17. The normalized spacial score (nSPS) is 18.5. The van der Waals surface area contributed by atoms with Crippen molar-refractivity contribution >= 4 is 17.5 Å². The predicted molar refractivity (Wildman–Crippen MR) is 120 cm³/mol. The van der Waals surface area contributed by atoms with Gasteiger partial charge in [-0.1, -0.05) is 12.1 Å². The first-order valence-corrected chi connectivity index (χ1v) is 10.6. The maximum Gasteiger partial charge on any atom is 0.573 e. The van der Waals surface area contributed by atoms with Crippen LogP contribution in [0, 0.1) is 0 Å². The van der Waals surface area contributed by atoms with Crippen molar-refractivity contribution in [2.24, 2.45) is 0 Å². The number of nitrogens with one attached hydrogen (secondary N) is 1. The molecule has 0 unspecified atom stereocenters. The van der Waals surface area contributed by atoms with Crippen LogP contribution in [0.1, 0.15) is 13.8 Å². The molecule has 1 aliphatic heterocycles. The fraction of sp³-hybridized carbons (Fsp3) is 0.348. The average Bonchev–Trinajstić information content (AvgIpc) is 2.78. The zero-order valence-corrected chi connectivity index (χ0v) is 18.8. The van der Waals surface area contributed by atoms with Crippen LogP contribution in [0.4, 0.5) is 30.6 Å².